The third-order valence-electron chi connectivity index (χ3n) is 3.96. The molecule has 1 N–H and O–H groups in total. The predicted octanol–water partition coefficient (Wildman–Crippen LogP) is 3.28. The van der Waals surface area contributed by atoms with Crippen molar-refractivity contribution in [3.8, 4) is 5.75 Å². The number of aromatic nitrogens is 1. The van der Waals surface area contributed by atoms with Crippen LogP contribution in [-0.4, -0.2) is 28.0 Å². The van der Waals surface area contributed by atoms with Crippen molar-refractivity contribution >= 4 is 23.8 Å². The number of nitro groups is 1. The maximum absolute atomic E-state index is 12.1. The zero-order chi connectivity index (χ0) is 21.5. The van der Waals surface area contributed by atoms with E-state index >= 15 is 0 Å². The van der Waals surface area contributed by atoms with Crippen molar-refractivity contribution in [3.05, 3.63) is 99.4 Å². The molecule has 0 radical (unpaired) electrons. The molecule has 0 saturated carbocycles. The van der Waals surface area contributed by atoms with Gasteiger partial charge in [0.15, 0.2) is 0 Å². The van der Waals surface area contributed by atoms with E-state index in [1.54, 1.807) is 36.4 Å². The largest absolute Gasteiger partial charge is 0.423 e. The molecule has 0 bridgehead atoms. The number of pyridine rings is 1. The lowest BCUT2D eigenvalue weighted by Gasteiger charge is -2.04. The molecule has 9 nitrogen and oxygen atoms in total. The molecule has 3 aromatic rings. The quantitative estimate of drug-likeness (QED) is 0.221. The van der Waals surface area contributed by atoms with Gasteiger partial charge in [0.05, 0.1) is 22.3 Å². The van der Waals surface area contributed by atoms with Gasteiger partial charge in [0.25, 0.3) is 11.6 Å². The molecule has 0 aliphatic heterocycles. The fourth-order valence-electron chi connectivity index (χ4n) is 2.34. The predicted molar refractivity (Wildman–Crippen MR) is 109 cm³/mol. The van der Waals surface area contributed by atoms with Crippen LogP contribution >= 0.6 is 0 Å². The Hall–Kier alpha value is -4.40. The first kappa shape index (κ1) is 20.3. The first-order chi connectivity index (χ1) is 14.4. The standard InChI is InChI=1S/C21H16N4O5/c1-14-2-5-17(13-22-14)20(26)24-23-12-15-3-10-19(11-4-15)30-21(27)16-6-8-18(9-7-16)25(28)29/h2-13H,1H3,(H,24,26)/b23-12+. The van der Waals surface area contributed by atoms with E-state index in [9.17, 15) is 19.7 Å². The Morgan fingerprint density at radius 1 is 1.03 bits per heavy atom. The minimum Gasteiger partial charge on any atom is -0.423 e. The smallest absolute Gasteiger partial charge is 0.343 e. The molecule has 0 saturated heterocycles. The van der Waals surface area contributed by atoms with E-state index < -0.39 is 10.9 Å². The first-order valence-corrected chi connectivity index (χ1v) is 8.75. The van der Waals surface area contributed by atoms with E-state index in [4.69, 9.17) is 4.74 Å². The fraction of sp³-hybridized carbons (Fsp3) is 0.0476. The van der Waals surface area contributed by atoms with Crippen molar-refractivity contribution in [1.82, 2.24) is 10.4 Å². The molecular formula is C21H16N4O5. The second-order valence-corrected chi connectivity index (χ2v) is 6.15. The normalized spacial score (nSPS) is 10.6. The average Bonchev–Trinajstić information content (AvgIpc) is 2.75. The number of hydrogen-bond acceptors (Lipinski definition) is 7. The van der Waals surface area contributed by atoms with Gasteiger partial charge in [0, 0.05) is 24.0 Å². The summed E-state index contributed by atoms with van der Waals surface area (Å²) in [6.45, 7) is 1.83. The van der Waals surface area contributed by atoms with Gasteiger partial charge in [0.1, 0.15) is 5.75 Å². The Morgan fingerprint density at radius 3 is 2.30 bits per heavy atom. The van der Waals surface area contributed by atoms with Crippen LogP contribution in [0.2, 0.25) is 0 Å². The summed E-state index contributed by atoms with van der Waals surface area (Å²) >= 11 is 0. The van der Waals surface area contributed by atoms with Crippen LogP contribution in [0.15, 0.2) is 72.0 Å². The van der Waals surface area contributed by atoms with Crippen LogP contribution in [0, 0.1) is 17.0 Å². The second-order valence-electron chi connectivity index (χ2n) is 6.15. The van der Waals surface area contributed by atoms with Crippen LogP contribution < -0.4 is 10.2 Å². The molecular weight excluding hydrogens is 388 g/mol. The number of esters is 1. The fourth-order valence-corrected chi connectivity index (χ4v) is 2.34. The summed E-state index contributed by atoms with van der Waals surface area (Å²) in [4.78, 5) is 38.2. The van der Waals surface area contributed by atoms with Gasteiger partial charge < -0.3 is 4.74 Å². The average molecular weight is 404 g/mol. The number of carbonyl (C=O) groups excluding carboxylic acids is 2. The Balaban J connectivity index is 1.55. The number of hydrazone groups is 1. The summed E-state index contributed by atoms with van der Waals surface area (Å²) in [5.41, 5.74) is 4.37. The molecule has 0 aliphatic carbocycles. The van der Waals surface area contributed by atoms with Crippen molar-refractivity contribution in [3.63, 3.8) is 0 Å². The van der Waals surface area contributed by atoms with E-state index in [1.807, 2.05) is 6.92 Å². The minimum absolute atomic E-state index is 0.110. The van der Waals surface area contributed by atoms with Gasteiger partial charge >= 0.3 is 5.97 Å². The van der Waals surface area contributed by atoms with Crippen molar-refractivity contribution in [2.45, 2.75) is 6.92 Å². The van der Waals surface area contributed by atoms with Crippen molar-refractivity contribution < 1.29 is 19.2 Å². The van der Waals surface area contributed by atoms with E-state index in [0.717, 1.165) is 5.69 Å². The molecule has 1 heterocycles. The number of nitrogens with zero attached hydrogens (tertiary/aromatic N) is 3. The number of ether oxygens (including phenoxy) is 1. The van der Waals surface area contributed by atoms with E-state index in [0.29, 0.717) is 16.9 Å². The molecule has 1 aromatic heterocycles. The van der Waals surface area contributed by atoms with Crippen LogP contribution in [0.5, 0.6) is 5.75 Å². The summed E-state index contributed by atoms with van der Waals surface area (Å²) < 4.78 is 5.24. The maximum Gasteiger partial charge on any atom is 0.343 e. The highest BCUT2D eigenvalue weighted by atomic mass is 16.6. The molecule has 2 aromatic carbocycles. The Labute approximate surface area is 171 Å². The van der Waals surface area contributed by atoms with Crippen LogP contribution in [0.3, 0.4) is 0 Å². The highest BCUT2D eigenvalue weighted by Crippen LogP contribution is 2.16. The summed E-state index contributed by atoms with van der Waals surface area (Å²) in [6.07, 6.45) is 2.91. The second kappa shape index (κ2) is 9.20. The molecule has 0 unspecified atom stereocenters. The number of benzene rings is 2. The molecule has 9 heteroatoms. The molecule has 0 atom stereocenters. The lowest BCUT2D eigenvalue weighted by Crippen LogP contribution is -2.17. The molecule has 3 rings (SSSR count). The number of carbonyl (C=O) groups is 2. The van der Waals surface area contributed by atoms with Crippen LogP contribution in [0.1, 0.15) is 32.0 Å². The van der Waals surface area contributed by atoms with Crippen molar-refractivity contribution in [2.24, 2.45) is 5.10 Å². The number of non-ortho nitro benzene ring substituents is 1. The van der Waals surface area contributed by atoms with Gasteiger partial charge in [0.2, 0.25) is 0 Å². The maximum atomic E-state index is 12.1. The summed E-state index contributed by atoms with van der Waals surface area (Å²) in [5, 5.41) is 14.5. The van der Waals surface area contributed by atoms with E-state index in [-0.39, 0.29) is 17.2 Å². The topological polar surface area (TPSA) is 124 Å². The summed E-state index contributed by atoms with van der Waals surface area (Å²) in [7, 11) is 0. The van der Waals surface area contributed by atoms with Gasteiger partial charge in [-0.2, -0.15) is 5.10 Å². The summed E-state index contributed by atoms with van der Waals surface area (Å²) in [5.74, 6) is -0.719. The van der Waals surface area contributed by atoms with Gasteiger partial charge in [-0.25, -0.2) is 10.2 Å². The summed E-state index contributed by atoms with van der Waals surface area (Å²) in [6, 6.07) is 14.9. The van der Waals surface area contributed by atoms with Gasteiger partial charge in [-0.05, 0) is 61.0 Å². The van der Waals surface area contributed by atoms with Crippen molar-refractivity contribution in [1.29, 1.82) is 0 Å². The number of aryl methyl sites for hydroxylation is 1. The third kappa shape index (κ3) is 5.32. The molecule has 30 heavy (non-hydrogen) atoms. The molecule has 0 spiro atoms. The molecule has 0 fully saturated rings. The van der Waals surface area contributed by atoms with Gasteiger partial charge in [-0.15, -0.1) is 0 Å². The van der Waals surface area contributed by atoms with Gasteiger partial charge in [-0.1, -0.05) is 0 Å². The first-order valence-electron chi connectivity index (χ1n) is 8.75. The number of nitrogens with one attached hydrogen (secondary N) is 1. The number of rotatable bonds is 6. The number of hydrogen-bond donors (Lipinski definition) is 1. The Bertz CT molecular complexity index is 1090. The third-order valence-corrected chi connectivity index (χ3v) is 3.96. The number of nitro benzene ring substituents is 1. The molecule has 150 valence electrons. The monoisotopic (exact) mass is 404 g/mol. The van der Waals surface area contributed by atoms with E-state index in [1.165, 1.54) is 36.7 Å². The zero-order valence-corrected chi connectivity index (χ0v) is 15.8. The SMILES string of the molecule is Cc1ccc(C(=O)N/N=C/c2ccc(OC(=O)c3ccc([N+](=O)[O-])cc3)cc2)cn1. The Kier molecular flexibility index (Phi) is 6.23. The van der Waals surface area contributed by atoms with Crippen molar-refractivity contribution in [2.75, 3.05) is 0 Å². The Morgan fingerprint density at radius 2 is 1.70 bits per heavy atom. The lowest BCUT2D eigenvalue weighted by atomic mass is 10.2. The molecule has 1 amide bonds. The van der Waals surface area contributed by atoms with E-state index in [2.05, 4.69) is 15.5 Å². The van der Waals surface area contributed by atoms with Crippen LogP contribution in [0.25, 0.3) is 0 Å². The lowest BCUT2D eigenvalue weighted by molar-refractivity contribution is -0.384. The van der Waals surface area contributed by atoms with Crippen LogP contribution in [-0.2, 0) is 0 Å². The van der Waals surface area contributed by atoms with Crippen LogP contribution in [0.4, 0.5) is 5.69 Å². The highest BCUT2D eigenvalue weighted by molar-refractivity contribution is 5.94. The number of amides is 1. The minimum atomic E-state index is -0.634. The zero-order valence-electron chi connectivity index (χ0n) is 15.8. The van der Waals surface area contributed by atoms with Gasteiger partial charge in [-0.3, -0.25) is 19.9 Å². The molecule has 0 aliphatic rings. The highest BCUT2D eigenvalue weighted by Gasteiger charge is 2.11.